The topological polar surface area (TPSA) is 52.9 Å². The van der Waals surface area contributed by atoms with Gasteiger partial charge in [0.2, 0.25) is 5.91 Å². The van der Waals surface area contributed by atoms with Crippen molar-refractivity contribution < 1.29 is 9.18 Å². The van der Waals surface area contributed by atoms with Crippen molar-refractivity contribution in [3.05, 3.63) is 58.9 Å². The third-order valence-corrected chi connectivity index (χ3v) is 3.99. The molecule has 0 aliphatic carbocycles. The second-order valence-electron chi connectivity index (χ2n) is 4.31. The highest BCUT2D eigenvalue weighted by Gasteiger charge is 2.29. The Bertz CT molecular complexity index is 601. The number of halogens is 1. The van der Waals surface area contributed by atoms with E-state index < -0.39 is 0 Å². The maximum absolute atomic E-state index is 13.0. The molecular formula is C15H13FN2OS. The smallest absolute Gasteiger partial charge is 0.225 e. The molecule has 0 spiro atoms. The van der Waals surface area contributed by atoms with Gasteiger partial charge in [-0.2, -0.15) is 5.26 Å². The fourth-order valence-corrected chi connectivity index (χ4v) is 2.87. The predicted molar refractivity (Wildman–Crippen MR) is 77.2 cm³/mol. The summed E-state index contributed by atoms with van der Waals surface area (Å²) in [5.41, 5.74) is 1.29. The van der Waals surface area contributed by atoms with Crippen LogP contribution in [0, 0.1) is 17.1 Å². The molecule has 1 amide bonds. The van der Waals surface area contributed by atoms with Gasteiger partial charge in [0.15, 0.2) is 0 Å². The van der Waals surface area contributed by atoms with E-state index in [9.17, 15) is 14.4 Å². The molecule has 1 N–H and O–H groups in total. The van der Waals surface area contributed by atoms with E-state index in [1.54, 1.807) is 18.2 Å². The summed E-state index contributed by atoms with van der Waals surface area (Å²) in [6, 6.07) is 8.08. The number of thioether (sulfide) groups is 1. The summed E-state index contributed by atoms with van der Waals surface area (Å²) >= 11 is 1.37. The average Bonchev–Trinajstić information content (AvgIpc) is 2.45. The van der Waals surface area contributed by atoms with E-state index in [0.29, 0.717) is 16.4 Å². The maximum atomic E-state index is 13.0. The number of allylic oxidation sites excluding steroid dienone is 1. The molecule has 0 unspecified atom stereocenters. The summed E-state index contributed by atoms with van der Waals surface area (Å²) in [6.45, 7) is 3.62. The Kier molecular flexibility index (Phi) is 4.59. The molecule has 20 heavy (non-hydrogen) atoms. The molecule has 1 aliphatic rings. The number of nitrogens with one attached hydrogen (secondary N) is 1. The number of carbonyl (C=O) groups excluding carboxylic acids is 1. The Morgan fingerprint density at radius 2 is 2.20 bits per heavy atom. The van der Waals surface area contributed by atoms with Gasteiger partial charge >= 0.3 is 0 Å². The maximum Gasteiger partial charge on any atom is 0.225 e. The lowest BCUT2D eigenvalue weighted by Gasteiger charge is -2.24. The lowest BCUT2D eigenvalue weighted by Crippen LogP contribution is -2.30. The summed E-state index contributed by atoms with van der Waals surface area (Å²) in [4.78, 5) is 11.8. The predicted octanol–water partition coefficient (Wildman–Crippen LogP) is 3.08. The van der Waals surface area contributed by atoms with E-state index in [1.807, 2.05) is 0 Å². The minimum Gasteiger partial charge on any atom is -0.320 e. The van der Waals surface area contributed by atoms with E-state index in [2.05, 4.69) is 18.0 Å². The normalized spacial score (nSPS) is 18.4. The lowest BCUT2D eigenvalue weighted by molar-refractivity contribution is -0.120. The molecule has 1 aromatic carbocycles. The van der Waals surface area contributed by atoms with Gasteiger partial charge in [-0.15, -0.1) is 18.3 Å². The van der Waals surface area contributed by atoms with Gasteiger partial charge in [0.25, 0.3) is 0 Å². The third-order valence-electron chi connectivity index (χ3n) is 2.97. The number of amides is 1. The van der Waals surface area contributed by atoms with Gasteiger partial charge in [-0.05, 0) is 17.7 Å². The molecule has 0 saturated carbocycles. The average molecular weight is 288 g/mol. The highest BCUT2D eigenvalue weighted by Crippen LogP contribution is 2.35. The van der Waals surface area contributed by atoms with Crippen LogP contribution in [0.15, 0.2) is 47.5 Å². The highest BCUT2D eigenvalue weighted by atomic mass is 32.2. The number of rotatable bonds is 4. The molecule has 1 heterocycles. The highest BCUT2D eigenvalue weighted by molar-refractivity contribution is 8.03. The molecule has 5 heteroatoms. The Labute approximate surface area is 121 Å². The minimum absolute atomic E-state index is 0.134. The van der Waals surface area contributed by atoms with Crippen molar-refractivity contribution >= 4 is 17.7 Å². The Morgan fingerprint density at radius 3 is 2.80 bits per heavy atom. The van der Waals surface area contributed by atoms with Gasteiger partial charge in [-0.1, -0.05) is 18.2 Å². The van der Waals surface area contributed by atoms with Crippen molar-refractivity contribution in [1.82, 2.24) is 5.32 Å². The molecule has 0 saturated heterocycles. The van der Waals surface area contributed by atoms with Crippen LogP contribution in [-0.4, -0.2) is 11.7 Å². The first-order chi connectivity index (χ1) is 9.65. The molecule has 0 bridgehead atoms. The van der Waals surface area contributed by atoms with Gasteiger partial charge in [-0.25, -0.2) is 4.39 Å². The summed E-state index contributed by atoms with van der Waals surface area (Å²) in [5, 5.41) is 12.7. The van der Waals surface area contributed by atoms with Crippen molar-refractivity contribution in [2.75, 3.05) is 5.75 Å². The number of carbonyl (C=O) groups is 1. The first-order valence-corrected chi connectivity index (χ1v) is 7.07. The zero-order chi connectivity index (χ0) is 14.5. The van der Waals surface area contributed by atoms with E-state index >= 15 is 0 Å². The molecule has 0 radical (unpaired) electrons. The Balaban J connectivity index is 2.39. The second-order valence-corrected chi connectivity index (χ2v) is 5.34. The quantitative estimate of drug-likeness (QED) is 0.866. The van der Waals surface area contributed by atoms with Crippen molar-refractivity contribution in [3.8, 4) is 6.07 Å². The summed E-state index contributed by atoms with van der Waals surface area (Å²) < 4.78 is 13.0. The van der Waals surface area contributed by atoms with E-state index in [1.165, 1.54) is 23.9 Å². The van der Waals surface area contributed by atoms with Gasteiger partial charge in [0, 0.05) is 18.1 Å². The van der Waals surface area contributed by atoms with Gasteiger partial charge in [0.1, 0.15) is 5.82 Å². The van der Waals surface area contributed by atoms with Crippen LogP contribution in [0.2, 0.25) is 0 Å². The largest absolute Gasteiger partial charge is 0.320 e. The van der Waals surface area contributed by atoms with Crippen LogP contribution in [0.3, 0.4) is 0 Å². The van der Waals surface area contributed by atoms with Crippen molar-refractivity contribution in [3.63, 3.8) is 0 Å². The monoisotopic (exact) mass is 288 g/mol. The van der Waals surface area contributed by atoms with Gasteiger partial charge in [-0.3, -0.25) is 4.79 Å². The van der Waals surface area contributed by atoms with Gasteiger partial charge < -0.3 is 5.32 Å². The standard InChI is InChI=1S/C15H13FN2OS/c1-2-7-20-15-13(9-17)12(8-14(19)18-15)10-3-5-11(16)6-4-10/h2-6,12H,1,7-8H2,(H,18,19)/t12-/m1/s1. The molecule has 1 atom stereocenters. The number of benzene rings is 1. The second kappa shape index (κ2) is 6.40. The molecule has 2 rings (SSSR count). The van der Waals surface area contributed by atoms with Crippen molar-refractivity contribution in [2.24, 2.45) is 0 Å². The van der Waals surface area contributed by atoms with E-state index in [0.717, 1.165) is 5.56 Å². The fourth-order valence-electron chi connectivity index (χ4n) is 2.06. The molecule has 1 aliphatic heterocycles. The first kappa shape index (κ1) is 14.4. The van der Waals surface area contributed by atoms with Crippen LogP contribution in [0.25, 0.3) is 0 Å². The molecule has 102 valence electrons. The zero-order valence-electron chi connectivity index (χ0n) is 10.7. The molecule has 0 fully saturated rings. The molecule has 1 aromatic rings. The van der Waals surface area contributed by atoms with Crippen LogP contribution >= 0.6 is 11.8 Å². The van der Waals surface area contributed by atoms with Crippen molar-refractivity contribution in [2.45, 2.75) is 12.3 Å². The SMILES string of the molecule is C=CCSC1=C(C#N)[C@@H](c2ccc(F)cc2)CC(=O)N1. The number of hydrogen-bond donors (Lipinski definition) is 1. The molecule has 0 aromatic heterocycles. The van der Waals surface area contributed by atoms with Crippen LogP contribution in [0.5, 0.6) is 0 Å². The van der Waals surface area contributed by atoms with Crippen molar-refractivity contribution in [1.29, 1.82) is 5.26 Å². The Morgan fingerprint density at radius 1 is 1.50 bits per heavy atom. The number of hydrogen-bond acceptors (Lipinski definition) is 3. The molecule has 3 nitrogen and oxygen atoms in total. The van der Waals surface area contributed by atoms with Crippen LogP contribution in [0.1, 0.15) is 17.9 Å². The summed E-state index contributed by atoms with van der Waals surface area (Å²) in [7, 11) is 0. The summed E-state index contributed by atoms with van der Waals surface area (Å²) in [6.07, 6.45) is 1.91. The van der Waals surface area contributed by atoms with E-state index in [4.69, 9.17) is 0 Å². The third kappa shape index (κ3) is 3.09. The number of nitrogens with zero attached hydrogens (tertiary/aromatic N) is 1. The minimum atomic E-state index is -0.335. The Hall–Kier alpha value is -2.06. The number of nitriles is 1. The first-order valence-electron chi connectivity index (χ1n) is 6.09. The fraction of sp³-hybridized carbons (Fsp3) is 0.200. The zero-order valence-corrected chi connectivity index (χ0v) is 11.5. The van der Waals surface area contributed by atoms with Crippen LogP contribution in [-0.2, 0) is 4.79 Å². The van der Waals surface area contributed by atoms with Gasteiger partial charge in [0.05, 0.1) is 16.7 Å². The lowest BCUT2D eigenvalue weighted by atomic mass is 9.87. The summed E-state index contributed by atoms with van der Waals surface area (Å²) in [5.74, 6) is -0.180. The van der Waals surface area contributed by atoms with Crippen LogP contribution in [0.4, 0.5) is 4.39 Å². The molecular weight excluding hydrogens is 275 g/mol. The van der Waals surface area contributed by atoms with E-state index in [-0.39, 0.29) is 24.1 Å². The van der Waals surface area contributed by atoms with Crippen LogP contribution < -0.4 is 5.32 Å².